The van der Waals surface area contributed by atoms with Crippen molar-refractivity contribution in [1.29, 1.82) is 0 Å². The van der Waals surface area contributed by atoms with Crippen molar-refractivity contribution in [2.24, 2.45) is 0 Å². The van der Waals surface area contributed by atoms with Gasteiger partial charge < -0.3 is 15.3 Å². The summed E-state index contributed by atoms with van der Waals surface area (Å²) >= 11 is 0. The number of nitrogens with one attached hydrogen (secondary N) is 1. The first-order chi connectivity index (χ1) is 15.5. The predicted octanol–water partition coefficient (Wildman–Crippen LogP) is 3.99. The molecule has 1 saturated heterocycles. The molecule has 6 nitrogen and oxygen atoms in total. The van der Waals surface area contributed by atoms with Gasteiger partial charge in [-0.3, -0.25) is 4.79 Å². The molecule has 1 aliphatic heterocycles. The molecular weight excluding hydrogens is 414 g/mol. The van der Waals surface area contributed by atoms with Crippen molar-refractivity contribution >= 4 is 17.1 Å². The summed E-state index contributed by atoms with van der Waals surface area (Å²) in [6.07, 6.45) is 7.74. The van der Waals surface area contributed by atoms with Gasteiger partial charge >= 0.3 is 0 Å². The zero-order valence-electron chi connectivity index (χ0n) is 17.7. The smallest absolute Gasteiger partial charge is 0.255 e. The predicted molar refractivity (Wildman–Crippen MR) is 117 cm³/mol. The third-order valence-corrected chi connectivity index (χ3v) is 6.70. The number of rotatable bonds is 4. The van der Waals surface area contributed by atoms with Crippen LogP contribution in [-0.4, -0.2) is 39.3 Å². The SMILES string of the molecule is O=C(N[C@@H]1CCCC[C@H]1O)c1cnn2ccc(N3CCC[C@@H]3c3cc(F)ccc3F)cc12. The molecule has 2 fully saturated rings. The molecule has 3 atom stereocenters. The highest BCUT2D eigenvalue weighted by Gasteiger charge is 2.30. The molecule has 1 saturated carbocycles. The van der Waals surface area contributed by atoms with Crippen molar-refractivity contribution < 1.29 is 18.7 Å². The van der Waals surface area contributed by atoms with E-state index in [-0.39, 0.29) is 18.0 Å². The van der Waals surface area contributed by atoms with Gasteiger partial charge in [0, 0.05) is 24.0 Å². The van der Waals surface area contributed by atoms with Crippen molar-refractivity contribution in [2.75, 3.05) is 11.4 Å². The quantitative estimate of drug-likeness (QED) is 0.644. The largest absolute Gasteiger partial charge is 0.391 e. The molecule has 0 bridgehead atoms. The fraction of sp³-hybridized carbons (Fsp3) is 0.417. The molecule has 3 heterocycles. The Hall–Kier alpha value is -3.00. The van der Waals surface area contributed by atoms with Gasteiger partial charge in [-0.25, -0.2) is 13.3 Å². The van der Waals surface area contributed by atoms with Crippen LogP contribution in [0.4, 0.5) is 14.5 Å². The fourth-order valence-electron chi connectivity index (χ4n) is 5.02. The van der Waals surface area contributed by atoms with E-state index in [9.17, 15) is 18.7 Å². The Morgan fingerprint density at radius 2 is 1.94 bits per heavy atom. The van der Waals surface area contributed by atoms with Gasteiger partial charge in [0.05, 0.1) is 35.5 Å². The lowest BCUT2D eigenvalue weighted by molar-refractivity contribution is 0.0718. The number of aliphatic hydroxyl groups excluding tert-OH is 1. The van der Waals surface area contributed by atoms with Crippen LogP contribution in [-0.2, 0) is 0 Å². The number of aromatic nitrogens is 2. The van der Waals surface area contributed by atoms with E-state index in [0.717, 1.165) is 43.9 Å². The second-order valence-corrected chi connectivity index (χ2v) is 8.72. The molecule has 32 heavy (non-hydrogen) atoms. The summed E-state index contributed by atoms with van der Waals surface area (Å²) in [7, 11) is 0. The van der Waals surface area contributed by atoms with E-state index in [0.29, 0.717) is 29.6 Å². The van der Waals surface area contributed by atoms with E-state index in [1.165, 1.54) is 18.3 Å². The van der Waals surface area contributed by atoms with Crippen molar-refractivity contribution in [3.63, 3.8) is 0 Å². The van der Waals surface area contributed by atoms with Crippen molar-refractivity contribution in [2.45, 2.75) is 56.7 Å². The molecule has 5 rings (SSSR count). The minimum atomic E-state index is -0.531. The van der Waals surface area contributed by atoms with Crippen LogP contribution in [0.5, 0.6) is 0 Å². The maximum Gasteiger partial charge on any atom is 0.255 e. The van der Waals surface area contributed by atoms with Crippen LogP contribution in [0, 0.1) is 11.6 Å². The Labute approximate surface area is 184 Å². The van der Waals surface area contributed by atoms with Gasteiger partial charge in [-0.2, -0.15) is 5.10 Å². The molecule has 8 heteroatoms. The molecule has 1 amide bonds. The summed E-state index contributed by atoms with van der Waals surface area (Å²) in [5.41, 5.74) is 2.24. The molecule has 2 N–H and O–H groups in total. The van der Waals surface area contributed by atoms with Crippen LogP contribution in [0.2, 0.25) is 0 Å². The Balaban J connectivity index is 1.44. The Morgan fingerprint density at radius 3 is 2.78 bits per heavy atom. The van der Waals surface area contributed by atoms with E-state index in [2.05, 4.69) is 15.3 Å². The Kier molecular flexibility index (Phi) is 5.55. The second kappa shape index (κ2) is 8.50. The standard InChI is InChI=1S/C24H26F2N4O2/c25-15-7-8-19(26)17(12-15)21-5-3-10-29(21)16-9-11-30-22(13-16)18(14-27-30)24(32)28-20-4-1-2-6-23(20)31/h7-9,11-14,20-21,23,31H,1-6,10H2,(H,28,32)/t20-,21-,23-/m1/s1. The molecule has 1 aliphatic carbocycles. The average Bonchev–Trinajstić information content (AvgIpc) is 3.43. The summed E-state index contributed by atoms with van der Waals surface area (Å²) in [5, 5.41) is 17.4. The van der Waals surface area contributed by atoms with E-state index < -0.39 is 17.7 Å². The van der Waals surface area contributed by atoms with Crippen LogP contribution in [0.25, 0.3) is 5.52 Å². The lowest BCUT2D eigenvalue weighted by Gasteiger charge is -2.28. The number of carbonyl (C=O) groups is 1. The van der Waals surface area contributed by atoms with E-state index in [1.54, 1.807) is 10.7 Å². The topological polar surface area (TPSA) is 69.9 Å². The molecule has 2 aliphatic rings. The first-order valence-electron chi connectivity index (χ1n) is 11.2. The summed E-state index contributed by atoms with van der Waals surface area (Å²) < 4.78 is 29.9. The highest BCUT2D eigenvalue weighted by atomic mass is 19.1. The van der Waals surface area contributed by atoms with Gasteiger partial charge in [0.2, 0.25) is 0 Å². The number of pyridine rings is 1. The molecular formula is C24H26F2N4O2. The molecule has 0 unspecified atom stereocenters. The van der Waals surface area contributed by atoms with Gasteiger partial charge in [0.15, 0.2) is 0 Å². The van der Waals surface area contributed by atoms with Gasteiger partial charge in [-0.05, 0) is 56.0 Å². The third-order valence-electron chi connectivity index (χ3n) is 6.70. The minimum absolute atomic E-state index is 0.256. The van der Waals surface area contributed by atoms with E-state index in [4.69, 9.17) is 0 Å². The first kappa shape index (κ1) is 20.9. The number of halogens is 2. The fourth-order valence-corrected chi connectivity index (χ4v) is 5.02. The van der Waals surface area contributed by atoms with E-state index in [1.807, 2.05) is 12.1 Å². The number of aliphatic hydroxyl groups is 1. The van der Waals surface area contributed by atoms with Crippen molar-refractivity contribution in [3.05, 3.63) is 65.5 Å². The molecule has 2 aromatic heterocycles. The van der Waals surface area contributed by atoms with Crippen LogP contribution in [0.15, 0.2) is 42.7 Å². The van der Waals surface area contributed by atoms with Gasteiger partial charge in [-0.1, -0.05) is 12.8 Å². The molecule has 0 radical (unpaired) electrons. The molecule has 168 valence electrons. The maximum atomic E-state index is 14.5. The highest BCUT2D eigenvalue weighted by molar-refractivity contribution is 6.01. The monoisotopic (exact) mass is 440 g/mol. The number of anilines is 1. The zero-order valence-corrected chi connectivity index (χ0v) is 17.7. The van der Waals surface area contributed by atoms with Crippen molar-refractivity contribution in [1.82, 2.24) is 14.9 Å². The van der Waals surface area contributed by atoms with Gasteiger partial charge in [0.25, 0.3) is 5.91 Å². The third kappa shape index (κ3) is 3.83. The van der Waals surface area contributed by atoms with Crippen molar-refractivity contribution in [3.8, 4) is 0 Å². The number of fused-ring (bicyclic) bond motifs is 1. The second-order valence-electron chi connectivity index (χ2n) is 8.72. The van der Waals surface area contributed by atoms with Crippen LogP contribution < -0.4 is 10.2 Å². The van der Waals surface area contributed by atoms with Gasteiger partial charge in [-0.15, -0.1) is 0 Å². The van der Waals surface area contributed by atoms with E-state index >= 15 is 0 Å². The lowest BCUT2D eigenvalue weighted by atomic mass is 9.92. The number of nitrogens with zero attached hydrogens (tertiary/aromatic N) is 3. The molecule has 1 aromatic carbocycles. The number of benzene rings is 1. The Bertz CT molecular complexity index is 1150. The van der Waals surface area contributed by atoms with Crippen LogP contribution in [0.1, 0.15) is 60.5 Å². The number of hydrogen-bond donors (Lipinski definition) is 2. The Morgan fingerprint density at radius 1 is 1.09 bits per heavy atom. The minimum Gasteiger partial charge on any atom is -0.391 e. The summed E-state index contributed by atoms with van der Waals surface area (Å²) in [4.78, 5) is 15.0. The van der Waals surface area contributed by atoms with Crippen LogP contribution >= 0.6 is 0 Å². The van der Waals surface area contributed by atoms with Gasteiger partial charge in [0.1, 0.15) is 11.6 Å². The number of carbonyl (C=O) groups excluding carboxylic acids is 1. The lowest BCUT2D eigenvalue weighted by Crippen LogP contribution is -2.45. The average molecular weight is 440 g/mol. The molecule has 0 spiro atoms. The number of hydrogen-bond acceptors (Lipinski definition) is 4. The normalized spacial score (nSPS) is 23.6. The molecule has 3 aromatic rings. The number of amides is 1. The zero-order chi connectivity index (χ0) is 22.2. The summed E-state index contributed by atoms with van der Waals surface area (Å²) in [6, 6.07) is 6.79. The first-order valence-corrected chi connectivity index (χ1v) is 11.2. The highest BCUT2D eigenvalue weighted by Crippen LogP contribution is 2.38. The summed E-state index contributed by atoms with van der Waals surface area (Å²) in [6.45, 7) is 0.709. The van der Waals surface area contributed by atoms with Crippen LogP contribution in [0.3, 0.4) is 0 Å². The maximum absolute atomic E-state index is 14.5. The summed E-state index contributed by atoms with van der Waals surface area (Å²) in [5.74, 6) is -1.14.